The average molecular weight is 233 g/mol. The molecule has 0 radical (unpaired) electrons. The maximum atomic E-state index is 12.9. The highest BCUT2D eigenvalue weighted by Crippen LogP contribution is 2.31. The average Bonchev–Trinajstić information content (AvgIpc) is 2.20. The molecule has 1 rings (SSSR count). The van der Waals surface area contributed by atoms with Crippen molar-refractivity contribution in [2.75, 3.05) is 0 Å². The molecule has 0 bridgehead atoms. The van der Waals surface area contributed by atoms with Crippen molar-refractivity contribution in [1.29, 1.82) is 10.5 Å². The van der Waals surface area contributed by atoms with Crippen LogP contribution in [0.5, 0.6) is 0 Å². The third-order valence-electron chi connectivity index (χ3n) is 1.49. The van der Waals surface area contributed by atoms with E-state index < -0.39 is 32.8 Å². The summed E-state index contributed by atoms with van der Waals surface area (Å²) in [7, 11) is 0. The number of hydrogen-bond donors (Lipinski definition) is 0. The summed E-state index contributed by atoms with van der Waals surface area (Å²) in [5.41, 5.74) is -0.920. The van der Waals surface area contributed by atoms with Crippen molar-refractivity contribution < 1.29 is 8.78 Å². The molecular weight excluding hydrogens is 233 g/mol. The summed E-state index contributed by atoms with van der Waals surface area (Å²) in [5.74, 6) is -2.85. The van der Waals surface area contributed by atoms with E-state index in [0.717, 1.165) is 0 Å². The van der Waals surface area contributed by atoms with Crippen LogP contribution in [0.2, 0.25) is 10.0 Å². The van der Waals surface area contributed by atoms with Gasteiger partial charge >= 0.3 is 0 Å². The van der Waals surface area contributed by atoms with Crippen molar-refractivity contribution in [3.8, 4) is 12.1 Å². The first-order valence-electron chi connectivity index (χ1n) is 3.20. The van der Waals surface area contributed by atoms with Gasteiger partial charge in [-0.25, -0.2) is 8.78 Å². The molecule has 0 aliphatic heterocycles. The van der Waals surface area contributed by atoms with E-state index >= 15 is 0 Å². The first-order chi connectivity index (χ1) is 6.54. The van der Waals surface area contributed by atoms with Crippen molar-refractivity contribution in [2.45, 2.75) is 0 Å². The van der Waals surface area contributed by atoms with Gasteiger partial charge in [0.1, 0.15) is 12.1 Å². The number of rotatable bonds is 0. The topological polar surface area (TPSA) is 47.6 Å². The zero-order chi connectivity index (χ0) is 10.9. The Morgan fingerprint density at radius 3 is 1.36 bits per heavy atom. The molecule has 1 aromatic carbocycles. The second-order valence-electron chi connectivity index (χ2n) is 2.23. The van der Waals surface area contributed by atoms with Gasteiger partial charge in [0.05, 0.1) is 21.2 Å². The van der Waals surface area contributed by atoms with Gasteiger partial charge in [0.2, 0.25) is 0 Å². The minimum absolute atomic E-state index is 0.460. The van der Waals surface area contributed by atoms with E-state index in [1.807, 2.05) is 0 Å². The van der Waals surface area contributed by atoms with Crippen molar-refractivity contribution in [1.82, 2.24) is 0 Å². The standard InChI is InChI=1S/C8Cl2F2N2/c9-5-3(1-13)4(2-14)6(10)8(12)7(5)11. The Morgan fingerprint density at radius 2 is 1.14 bits per heavy atom. The number of hydrogen-bond acceptors (Lipinski definition) is 2. The largest absolute Gasteiger partial charge is 0.202 e. The van der Waals surface area contributed by atoms with E-state index in [-0.39, 0.29) is 0 Å². The molecule has 0 saturated carbocycles. The van der Waals surface area contributed by atoms with E-state index in [2.05, 4.69) is 0 Å². The van der Waals surface area contributed by atoms with Gasteiger partial charge in [-0.3, -0.25) is 0 Å². The Balaban J connectivity index is 3.79. The lowest BCUT2D eigenvalue weighted by molar-refractivity contribution is 0.508. The van der Waals surface area contributed by atoms with Crippen LogP contribution in [0.4, 0.5) is 8.78 Å². The fraction of sp³-hybridized carbons (Fsp3) is 0. The normalized spacial score (nSPS) is 9.29. The monoisotopic (exact) mass is 232 g/mol. The molecule has 70 valence electrons. The highest BCUT2D eigenvalue weighted by molar-refractivity contribution is 6.35. The van der Waals surface area contributed by atoms with Crippen LogP contribution in [0.3, 0.4) is 0 Å². The van der Waals surface area contributed by atoms with E-state index in [9.17, 15) is 8.78 Å². The maximum Gasteiger partial charge on any atom is 0.180 e. The Morgan fingerprint density at radius 1 is 0.857 bits per heavy atom. The first-order valence-corrected chi connectivity index (χ1v) is 3.96. The van der Waals surface area contributed by atoms with E-state index in [1.165, 1.54) is 12.1 Å². The highest BCUT2D eigenvalue weighted by atomic mass is 35.5. The van der Waals surface area contributed by atoms with Crippen LogP contribution in [0.25, 0.3) is 0 Å². The highest BCUT2D eigenvalue weighted by Gasteiger charge is 2.22. The number of nitrogens with zero attached hydrogens (tertiary/aromatic N) is 2. The van der Waals surface area contributed by atoms with Crippen LogP contribution in [0, 0.1) is 34.3 Å². The second kappa shape index (κ2) is 3.79. The molecule has 0 aliphatic rings. The summed E-state index contributed by atoms with van der Waals surface area (Å²) in [6, 6.07) is 2.96. The lowest BCUT2D eigenvalue weighted by Gasteiger charge is -2.03. The van der Waals surface area contributed by atoms with Crippen LogP contribution in [0.1, 0.15) is 11.1 Å². The minimum Gasteiger partial charge on any atom is -0.202 e. The minimum atomic E-state index is -1.42. The summed E-state index contributed by atoms with van der Waals surface area (Å²) >= 11 is 10.6. The van der Waals surface area contributed by atoms with Gasteiger partial charge in [0, 0.05) is 0 Å². The van der Waals surface area contributed by atoms with E-state index in [1.54, 1.807) is 0 Å². The summed E-state index contributed by atoms with van der Waals surface area (Å²) in [6.45, 7) is 0. The van der Waals surface area contributed by atoms with E-state index in [4.69, 9.17) is 33.7 Å². The van der Waals surface area contributed by atoms with Crippen molar-refractivity contribution >= 4 is 23.2 Å². The molecule has 1 aromatic rings. The first kappa shape index (κ1) is 10.7. The molecule has 2 nitrogen and oxygen atoms in total. The van der Waals surface area contributed by atoms with Crippen LogP contribution >= 0.6 is 23.2 Å². The molecule has 0 heterocycles. The molecule has 0 saturated heterocycles. The molecule has 0 amide bonds. The number of nitriles is 2. The number of benzene rings is 1. The predicted molar refractivity (Wildman–Crippen MR) is 45.8 cm³/mol. The lowest BCUT2D eigenvalue weighted by Crippen LogP contribution is -1.96. The fourth-order valence-corrected chi connectivity index (χ4v) is 1.28. The van der Waals surface area contributed by atoms with Gasteiger partial charge in [0.15, 0.2) is 11.6 Å². The quantitative estimate of drug-likeness (QED) is 0.510. The number of halogens is 4. The van der Waals surface area contributed by atoms with Gasteiger partial charge in [0.25, 0.3) is 0 Å². The van der Waals surface area contributed by atoms with Crippen molar-refractivity contribution in [2.24, 2.45) is 0 Å². The van der Waals surface area contributed by atoms with Crippen LogP contribution in [-0.4, -0.2) is 0 Å². The molecular formula is C8Cl2F2N2. The molecule has 0 unspecified atom stereocenters. The fourth-order valence-electron chi connectivity index (χ4n) is 0.842. The van der Waals surface area contributed by atoms with Crippen LogP contribution in [-0.2, 0) is 0 Å². The van der Waals surface area contributed by atoms with Gasteiger partial charge in [-0.15, -0.1) is 0 Å². The molecule has 0 fully saturated rings. The smallest absolute Gasteiger partial charge is 0.180 e. The summed E-state index contributed by atoms with van der Waals surface area (Å²) in [6.07, 6.45) is 0. The molecule has 0 aromatic heterocycles. The molecule has 0 atom stereocenters. The van der Waals surface area contributed by atoms with Gasteiger partial charge in [-0.2, -0.15) is 10.5 Å². The molecule has 6 heteroatoms. The maximum absolute atomic E-state index is 12.9. The zero-order valence-electron chi connectivity index (χ0n) is 6.41. The Bertz CT molecular complexity index is 441. The van der Waals surface area contributed by atoms with Gasteiger partial charge in [-0.05, 0) is 0 Å². The predicted octanol–water partition coefficient (Wildman–Crippen LogP) is 3.01. The third-order valence-corrected chi connectivity index (χ3v) is 2.20. The molecule has 14 heavy (non-hydrogen) atoms. The Kier molecular flexibility index (Phi) is 2.90. The summed E-state index contributed by atoms with van der Waals surface area (Å²) in [4.78, 5) is 0. The van der Waals surface area contributed by atoms with Crippen molar-refractivity contribution in [3.05, 3.63) is 32.8 Å². The summed E-state index contributed by atoms with van der Waals surface area (Å²) < 4.78 is 25.8. The molecule has 0 spiro atoms. The third kappa shape index (κ3) is 1.39. The SMILES string of the molecule is N#Cc1c(Cl)c(F)c(F)c(Cl)c1C#N. The molecule has 0 aliphatic carbocycles. The Hall–Kier alpha value is -1.36. The zero-order valence-corrected chi connectivity index (χ0v) is 7.92. The second-order valence-corrected chi connectivity index (χ2v) is 2.99. The Labute approximate surface area is 87.9 Å². The van der Waals surface area contributed by atoms with Crippen molar-refractivity contribution in [3.63, 3.8) is 0 Å². The van der Waals surface area contributed by atoms with Gasteiger partial charge in [-0.1, -0.05) is 23.2 Å². The summed E-state index contributed by atoms with van der Waals surface area (Å²) in [5, 5.41) is 15.6. The van der Waals surface area contributed by atoms with Gasteiger partial charge < -0.3 is 0 Å². The lowest BCUT2D eigenvalue weighted by atomic mass is 10.1. The molecule has 0 N–H and O–H groups in total. The van der Waals surface area contributed by atoms with Crippen LogP contribution in [0.15, 0.2) is 0 Å². The van der Waals surface area contributed by atoms with Crippen LogP contribution < -0.4 is 0 Å². The van der Waals surface area contributed by atoms with E-state index in [0.29, 0.717) is 0 Å².